The minimum Gasteiger partial charge on any atom is -0.348 e. The average Bonchev–Trinajstić information content (AvgIpc) is 3.43. The molecule has 2 amide bonds. The average molecular weight is 609 g/mol. The van der Waals surface area contributed by atoms with Gasteiger partial charge in [0.1, 0.15) is 16.4 Å². The number of hydrogen-bond acceptors (Lipinski definition) is 4. The molecule has 1 aliphatic rings. The van der Waals surface area contributed by atoms with Crippen LogP contribution in [0.15, 0.2) is 96.0 Å². The molecule has 218 valence electrons. The van der Waals surface area contributed by atoms with E-state index >= 15 is 0 Å². The molecule has 42 heavy (non-hydrogen) atoms. The van der Waals surface area contributed by atoms with Gasteiger partial charge >= 0.3 is 0 Å². The van der Waals surface area contributed by atoms with E-state index in [2.05, 4.69) is 5.32 Å². The van der Waals surface area contributed by atoms with E-state index in [1.807, 2.05) is 6.07 Å². The standard InChI is InChI=1S/C31H30ClFN4O4S/c1-35-17-5-8-28(35)30(38)34-25-15-18-36(19-16-25)31(39)23-9-14-27(32)29(20-23)42(40,41)37(21-22-6-3-2-4-7-22)26-12-10-24(33)11-13-26/h2-14,17,20,25H,15-16,18-19,21H2,1H3,(H,34,38). The molecule has 0 aliphatic carbocycles. The molecule has 1 aliphatic heterocycles. The van der Waals surface area contributed by atoms with Crippen molar-refractivity contribution in [2.75, 3.05) is 17.4 Å². The molecule has 0 atom stereocenters. The first kappa shape index (κ1) is 29.3. The monoisotopic (exact) mass is 608 g/mol. The minimum atomic E-state index is -4.27. The normalized spacial score (nSPS) is 14.0. The van der Waals surface area contributed by atoms with E-state index < -0.39 is 15.8 Å². The lowest BCUT2D eigenvalue weighted by Crippen LogP contribution is -2.46. The summed E-state index contributed by atoms with van der Waals surface area (Å²) < 4.78 is 44.7. The molecule has 4 aromatic rings. The van der Waals surface area contributed by atoms with Crippen LogP contribution < -0.4 is 9.62 Å². The fraction of sp³-hybridized carbons (Fsp3) is 0.226. The van der Waals surface area contributed by atoms with Crippen molar-refractivity contribution in [2.45, 2.75) is 30.3 Å². The van der Waals surface area contributed by atoms with E-state index in [4.69, 9.17) is 11.6 Å². The van der Waals surface area contributed by atoms with E-state index in [-0.39, 0.29) is 45.6 Å². The number of benzene rings is 3. The molecular weight excluding hydrogens is 579 g/mol. The van der Waals surface area contributed by atoms with Crippen LogP contribution >= 0.6 is 11.6 Å². The van der Waals surface area contributed by atoms with Gasteiger partial charge in [0.25, 0.3) is 21.8 Å². The molecule has 0 bridgehead atoms. The number of hydrogen-bond donors (Lipinski definition) is 1. The second-order valence-electron chi connectivity index (χ2n) is 10.2. The Morgan fingerprint density at radius 1 is 0.976 bits per heavy atom. The van der Waals surface area contributed by atoms with Gasteiger partial charge in [0.15, 0.2) is 0 Å². The molecule has 0 radical (unpaired) electrons. The van der Waals surface area contributed by atoms with Gasteiger partial charge in [0, 0.05) is 37.9 Å². The first-order chi connectivity index (χ1) is 20.1. The molecule has 1 fully saturated rings. The van der Waals surface area contributed by atoms with Gasteiger partial charge in [-0.25, -0.2) is 12.8 Å². The van der Waals surface area contributed by atoms with E-state index in [0.717, 1.165) is 9.87 Å². The Labute approximate surface area is 249 Å². The van der Waals surface area contributed by atoms with Crippen LogP contribution in [0, 0.1) is 5.82 Å². The molecule has 3 aromatic carbocycles. The zero-order chi connectivity index (χ0) is 29.9. The van der Waals surface area contributed by atoms with E-state index in [9.17, 15) is 22.4 Å². The molecule has 1 aromatic heterocycles. The summed E-state index contributed by atoms with van der Waals surface area (Å²) in [5.41, 5.74) is 1.72. The van der Waals surface area contributed by atoms with Gasteiger partial charge in [0.05, 0.1) is 17.3 Å². The number of nitrogens with one attached hydrogen (secondary N) is 1. The fourth-order valence-corrected chi connectivity index (χ4v) is 6.95. The molecular formula is C31H30ClFN4O4S. The third-order valence-electron chi connectivity index (χ3n) is 7.32. The van der Waals surface area contributed by atoms with Crippen LogP contribution in [-0.2, 0) is 23.6 Å². The smallest absolute Gasteiger partial charge is 0.268 e. The van der Waals surface area contributed by atoms with Crippen LogP contribution in [0.2, 0.25) is 5.02 Å². The number of aromatic nitrogens is 1. The van der Waals surface area contributed by atoms with Crippen LogP contribution in [0.4, 0.5) is 10.1 Å². The molecule has 0 spiro atoms. The van der Waals surface area contributed by atoms with Gasteiger partial charge < -0.3 is 14.8 Å². The Balaban J connectivity index is 1.35. The number of carbonyl (C=O) groups is 2. The Morgan fingerprint density at radius 3 is 2.31 bits per heavy atom. The SMILES string of the molecule is Cn1cccc1C(=O)NC1CCN(C(=O)c2ccc(Cl)c(S(=O)(=O)N(Cc3ccccc3)c3ccc(F)cc3)c2)CC1. The molecule has 1 saturated heterocycles. The summed E-state index contributed by atoms with van der Waals surface area (Å²) in [6, 6.07) is 21.8. The molecule has 2 heterocycles. The number of amides is 2. The molecule has 5 rings (SSSR count). The van der Waals surface area contributed by atoms with Crippen molar-refractivity contribution < 1.29 is 22.4 Å². The van der Waals surface area contributed by atoms with Crippen LogP contribution in [-0.4, -0.2) is 48.8 Å². The van der Waals surface area contributed by atoms with Gasteiger partial charge in [0.2, 0.25) is 0 Å². The van der Waals surface area contributed by atoms with E-state index in [1.54, 1.807) is 59.1 Å². The maximum absolute atomic E-state index is 14.0. The summed E-state index contributed by atoms with van der Waals surface area (Å²) >= 11 is 6.42. The first-order valence-electron chi connectivity index (χ1n) is 13.5. The summed E-state index contributed by atoms with van der Waals surface area (Å²) in [5, 5.41) is 2.99. The molecule has 11 heteroatoms. The predicted octanol–water partition coefficient (Wildman–Crippen LogP) is 5.25. The van der Waals surface area contributed by atoms with Crippen LogP contribution in [0.25, 0.3) is 0 Å². The highest BCUT2D eigenvalue weighted by atomic mass is 35.5. The lowest BCUT2D eigenvalue weighted by atomic mass is 10.0. The number of aryl methyl sites for hydroxylation is 1. The van der Waals surface area contributed by atoms with Gasteiger partial charge in [-0.1, -0.05) is 41.9 Å². The number of carbonyl (C=O) groups excluding carboxylic acids is 2. The summed E-state index contributed by atoms with van der Waals surface area (Å²) in [7, 11) is -2.47. The summed E-state index contributed by atoms with van der Waals surface area (Å²) in [6.45, 7) is 0.778. The highest BCUT2D eigenvalue weighted by molar-refractivity contribution is 7.93. The van der Waals surface area contributed by atoms with E-state index in [0.29, 0.717) is 31.6 Å². The molecule has 0 saturated carbocycles. The lowest BCUT2D eigenvalue weighted by Gasteiger charge is -2.32. The van der Waals surface area contributed by atoms with E-state index in [1.165, 1.54) is 42.5 Å². The van der Waals surface area contributed by atoms with Crippen molar-refractivity contribution in [3.8, 4) is 0 Å². The van der Waals surface area contributed by atoms with Crippen LogP contribution in [0.1, 0.15) is 39.3 Å². The number of piperidine rings is 1. The van der Waals surface area contributed by atoms with Crippen molar-refractivity contribution in [1.29, 1.82) is 0 Å². The van der Waals surface area contributed by atoms with Crippen molar-refractivity contribution >= 4 is 39.1 Å². The summed E-state index contributed by atoms with van der Waals surface area (Å²) in [6.07, 6.45) is 2.93. The highest BCUT2D eigenvalue weighted by Gasteiger charge is 2.30. The van der Waals surface area contributed by atoms with Gasteiger partial charge in [-0.3, -0.25) is 13.9 Å². The second kappa shape index (κ2) is 12.4. The number of sulfonamides is 1. The topological polar surface area (TPSA) is 91.7 Å². The summed E-state index contributed by atoms with van der Waals surface area (Å²) in [5.74, 6) is -0.988. The van der Waals surface area contributed by atoms with Gasteiger partial charge in [-0.05, 0) is 73.0 Å². The third kappa shape index (κ3) is 6.34. The van der Waals surface area contributed by atoms with Crippen molar-refractivity contribution in [1.82, 2.24) is 14.8 Å². The number of halogens is 2. The number of likely N-dealkylation sites (tertiary alicyclic amines) is 1. The Morgan fingerprint density at radius 2 is 1.67 bits per heavy atom. The summed E-state index contributed by atoms with van der Waals surface area (Å²) in [4.78, 5) is 27.5. The maximum Gasteiger partial charge on any atom is 0.268 e. The second-order valence-corrected chi connectivity index (χ2v) is 12.4. The van der Waals surface area contributed by atoms with Crippen LogP contribution in [0.5, 0.6) is 0 Å². The highest BCUT2D eigenvalue weighted by Crippen LogP contribution is 2.31. The molecule has 0 unspecified atom stereocenters. The number of nitrogens with zero attached hydrogens (tertiary/aromatic N) is 3. The fourth-order valence-electron chi connectivity index (χ4n) is 4.99. The van der Waals surface area contributed by atoms with Gasteiger partial charge in [-0.15, -0.1) is 0 Å². The van der Waals surface area contributed by atoms with Crippen molar-refractivity contribution in [3.63, 3.8) is 0 Å². The Hall–Kier alpha value is -4.15. The largest absolute Gasteiger partial charge is 0.348 e. The first-order valence-corrected chi connectivity index (χ1v) is 15.3. The van der Waals surface area contributed by atoms with Crippen molar-refractivity contribution in [3.05, 3.63) is 119 Å². The van der Waals surface area contributed by atoms with Gasteiger partial charge in [-0.2, -0.15) is 0 Å². The predicted molar refractivity (Wildman–Crippen MR) is 159 cm³/mol. The minimum absolute atomic E-state index is 0.0225. The molecule has 8 nitrogen and oxygen atoms in total. The third-order valence-corrected chi connectivity index (χ3v) is 9.58. The maximum atomic E-state index is 14.0. The zero-order valence-electron chi connectivity index (χ0n) is 22.9. The molecule has 1 N–H and O–H groups in total. The van der Waals surface area contributed by atoms with Crippen LogP contribution in [0.3, 0.4) is 0 Å². The quantitative estimate of drug-likeness (QED) is 0.296. The number of anilines is 1. The Kier molecular flexibility index (Phi) is 8.65. The zero-order valence-corrected chi connectivity index (χ0v) is 24.5. The lowest BCUT2D eigenvalue weighted by molar-refractivity contribution is 0.0697. The Bertz CT molecular complexity index is 1690. The van der Waals surface area contributed by atoms with Crippen molar-refractivity contribution in [2.24, 2.45) is 7.05 Å². The number of rotatable bonds is 8.